The van der Waals surface area contributed by atoms with Crippen LogP contribution in [0.4, 0.5) is 5.69 Å². The third-order valence-electron chi connectivity index (χ3n) is 4.14. The smallest absolute Gasteiger partial charge is 0.0341 e. The Kier molecular flexibility index (Phi) is 4.31. The van der Waals surface area contributed by atoms with Gasteiger partial charge in [0.15, 0.2) is 0 Å². The van der Waals surface area contributed by atoms with Crippen LogP contribution in [0.5, 0.6) is 0 Å². The van der Waals surface area contributed by atoms with Crippen LogP contribution in [-0.4, -0.2) is 12.8 Å². The van der Waals surface area contributed by atoms with Gasteiger partial charge in [-0.05, 0) is 60.9 Å². The lowest BCUT2D eigenvalue weighted by Gasteiger charge is -2.26. The fourth-order valence-corrected chi connectivity index (χ4v) is 3.42. The number of hydrogen-bond donors (Lipinski definition) is 1. The summed E-state index contributed by atoms with van der Waals surface area (Å²) in [5.41, 5.74) is 4.32. The van der Waals surface area contributed by atoms with Crippen LogP contribution in [0.25, 0.3) is 0 Å². The summed E-state index contributed by atoms with van der Waals surface area (Å²) >= 11 is 1.79. The van der Waals surface area contributed by atoms with Gasteiger partial charge < -0.3 is 5.32 Å². The third kappa shape index (κ3) is 3.01. The van der Waals surface area contributed by atoms with Gasteiger partial charge in [-0.25, -0.2) is 0 Å². The molecule has 0 amide bonds. The van der Waals surface area contributed by atoms with Crippen molar-refractivity contribution in [2.24, 2.45) is 0 Å². The Labute approximate surface area is 125 Å². The molecule has 1 nitrogen and oxygen atoms in total. The van der Waals surface area contributed by atoms with Gasteiger partial charge in [0.1, 0.15) is 0 Å². The lowest BCUT2D eigenvalue weighted by Crippen LogP contribution is -2.18. The zero-order chi connectivity index (χ0) is 13.8. The quantitative estimate of drug-likeness (QED) is 0.798. The van der Waals surface area contributed by atoms with Gasteiger partial charge in [0, 0.05) is 23.0 Å². The van der Waals surface area contributed by atoms with E-state index in [0.717, 1.165) is 6.54 Å². The summed E-state index contributed by atoms with van der Waals surface area (Å²) in [6, 6.07) is 17.7. The minimum Gasteiger partial charge on any atom is -0.384 e. The molecule has 0 bridgehead atoms. The van der Waals surface area contributed by atoms with E-state index in [2.05, 4.69) is 60.1 Å². The first-order chi connectivity index (χ1) is 9.86. The number of aryl methyl sites for hydroxylation is 1. The van der Waals surface area contributed by atoms with Crippen LogP contribution in [-0.2, 0) is 6.42 Å². The summed E-state index contributed by atoms with van der Waals surface area (Å²) in [7, 11) is 0. The van der Waals surface area contributed by atoms with Crippen LogP contribution >= 0.6 is 11.8 Å². The predicted octanol–water partition coefficient (Wildman–Crippen LogP) is 4.94. The SMILES string of the molecule is CSc1ccc(NCC2CCCc3ccccc32)cc1. The maximum atomic E-state index is 3.60. The van der Waals surface area contributed by atoms with Crippen LogP contribution in [0.3, 0.4) is 0 Å². The Morgan fingerprint density at radius 1 is 1.10 bits per heavy atom. The van der Waals surface area contributed by atoms with E-state index in [-0.39, 0.29) is 0 Å². The highest BCUT2D eigenvalue weighted by atomic mass is 32.2. The number of fused-ring (bicyclic) bond motifs is 1. The molecular weight excluding hydrogens is 262 g/mol. The molecule has 0 fully saturated rings. The monoisotopic (exact) mass is 283 g/mol. The second kappa shape index (κ2) is 6.36. The zero-order valence-electron chi connectivity index (χ0n) is 11.9. The van der Waals surface area contributed by atoms with Gasteiger partial charge in [-0.3, -0.25) is 0 Å². The normalized spacial score (nSPS) is 17.6. The van der Waals surface area contributed by atoms with E-state index >= 15 is 0 Å². The molecular formula is C18H21NS. The van der Waals surface area contributed by atoms with Crippen molar-refractivity contribution < 1.29 is 0 Å². The fraction of sp³-hybridized carbons (Fsp3) is 0.333. The lowest BCUT2D eigenvalue weighted by molar-refractivity contribution is 0.572. The van der Waals surface area contributed by atoms with E-state index < -0.39 is 0 Å². The Bertz CT molecular complexity index is 562. The molecule has 104 valence electrons. The third-order valence-corrected chi connectivity index (χ3v) is 4.88. The summed E-state index contributed by atoms with van der Waals surface area (Å²) < 4.78 is 0. The molecule has 0 aromatic heterocycles. The second-order valence-corrected chi connectivity index (χ2v) is 6.28. The number of nitrogens with one attached hydrogen (secondary N) is 1. The molecule has 0 spiro atoms. The Balaban J connectivity index is 1.66. The van der Waals surface area contributed by atoms with Crippen molar-refractivity contribution in [1.29, 1.82) is 0 Å². The molecule has 1 atom stereocenters. The first-order valence-corrected chi connectivity index (χ1v) is 8.55. The Morgan fingerprint density at radius 3 is 2.70 bits per heavy atom. The van der Waals surface area contributed by atoms with Crippen LogP contribution in [0.15, 0.2) is 53.4 Å². The Morgan fingerprint density at radius 2 is 1.90 bits per heavy atom. The number of rotatable bonds is 4. The molecule has 1 unspecified atom stereocenters. The van der Waals surface area contributed by atoms with E-state index in [0.29, 0.717) is 5.92 Å². The van der Waals surface area contributed by atoms with Crippen molar-refractivity contribution in [3.05, 3.63) is 59.7 Å². The molecule has 2 heteroatoms. The van der Waals surface area contributed by atoms with Gasteiger partial charge >= 0.3 is 0 Å². The number of benzene rings is 2. The van der Waals surface area contributed by atoms with E-state index in [9.17, 15) is 0 Å². The first kappa shape index (κ1) is 13.6. The largest absolute Gasteiger partial charge is 0.384 e. The summed E-state index contributed by atoms with van der Waals surface area (Å²) in [6.45, 7) is 1.04. The topological polar surface area (TPSA) is 12.0 Å². The first-order valence-electron chi connectivity index (χ1n) is 7.32. The Hall–Kier alpha value is -1.41. The molecule has 0 heterocycles. The summed E-state index contributed by atoms with van der Waals surface area (Å²) in [5, 5.41) is 3.60. The van der Waals surface area contributed by atoms with Crippen molar-refractivity contribution in [1.82, 2.24) is 0 Å². The van der Waals surface area contributed by atoms with Crippen molar-refractivity contribution in [2.45, 2.75) is 30.1 Å². The molecule has 3 rings (SSSR count). The van der Waals surface area contributed by atoms with Crippen molar-refractivity contribution in [2.75, 3.05) is 18.1 Å². The molecule has 1 aliphatic carbocycles. The number of hydrogen-bond acceptors (Lipinski definition) is 2. The highest BCUT2D eigenvalue weighted by Crippen LogP contribution is 2.31. The average molecular weight is 283 g/mol. The van der Waals surface area contributed by atoms with Crippen LogP contribution < -0.4 is 5.32 Å². The highest BCUT2D eigenvalue weighted by molar-refractivity contribution is 7.98. The molecule has 0 saturated carbocycles. The van der Waals surface area contributed by atoms with Gasteiger partial charge in [0.2, 0.25) is 0 Å². The van der Waals surface area contributed by atoms with Crippen LogP contribution in [0.2, 0.25) is 0 Å². The molecule has 0 saturated heterocycles. The zero-order valence-corrected chi connectivity index (χ0v) is 12.7. The summed E-state index contributed by atoms with van der Waals surface area (Å²) in [4.78, 5) is 1.32. The minimum atomic E-state index is 0.653. The molecule has 1 aliphatic rings. The second-order valence-electron chi connectivity index (χ2n) is 5.40. The van der Waals surface area contributed by atoms with Crippen LogP contribution in [0, 0.1) is 0 Å². The van der Waals surface area contributed by atoms with Gasteiger partial charge in [-0.2, -0.15) is 0 Å². The van der Waals surface area contributed by atoms with Crippen LogP contribution in [0.1, 0.15) is 29.9 Å². The van der Waals surface area contributed by atoms with E-state index in [1.54, 1.807) is 22.9 Å². The van der Waals surface area contributed by atoms with E-state index in [4.69, 9.17) is 0 Å². The highest BCUT2D eigenvalue weighted by Gasteiger charge is 2.19. The molecule has 2 aromatic carbocycles. The summed E-state index contributed by atoms with van der Waals surface area (Å²) in [5.74, 6) is 0.653. The molecule has 0 radical (unpaired) electrons. The van der Waals surface area contributed by atoms with Gasteiger partial charge in [-0.15, -0.1) is 11.8 Å². The molecule has 1 N–H and O–H groups in total. The van der Waals surface area contributed by atoms with Crippen molar-refractivity contribution in [3.8, 4) is 0 Å². The average Bonchev–Trinajstić information content (AvgIpc) is 2.53. The standard InChI is InChI=1S/C18H21NS/c1-20-17-11-9-16(10-12-17)19-13-15-7-4-6-14-5-2-3-8-18(14)15/h2-3,5,8-12,15,19H,4,6-7,13H2,1H3. The van der Waals surface area contributed by atoms with Gasteiger partial charge in [0.25, 0.3) is 0 Å². The maximum Gasteiger partial charge on any atom is 0.0341 e. The predicted molar refractivity (Wildman–Crippen MR) is 88.8 cm³/mol. The number of anilines is 1. The summed E-state index contributed by atoms with van der Waals surface area (Å²) in [6.07, 6.45) is 5.97. The lowest BCUT2D eigenvalue weighted by atomic mass is 9.83. The van der Waals surface area contributed by atoms with Gasteiger partial charge in [0.05, 0.1) is 0 Å². The minimum absolute atomic E-state index is 0.653. The number of thioether (sulfide) groups is 1. The molecule has 2 aromatic rings. The molecule has 0 aliphatic heterocycles. The van der Waals surface area contributed by atoms with Crippen molar-refractivity contribution in [3.63, 3.8) is 0 Å². The van der Waals surface area contributed by atoms with Gasteiger partial charge in [-0.1, -0.05) is 24.3 Å². The molecule has 20 heavy (non-hydrogen) atoms. The fourth-order valence-electron chi connectivity index (χ4n) is 3.02. The van der Waals surface area contributed by atoms with E-state index in [1.165, 1.54) is 29.8 Å². The van der Waals surface area contributed by atoms with E-state index in [1.807, 2.05) is 0 Å². The van der Waals surface area contributed by atoms with Crippen molar-refractivity contribution >= 4 is 17.4 Å². The maximum absolute atomic E-state index is 3.60.